The zero-order chi connectivity index (χ0) is 19.4. The highest BCUT2D eigenvalue weighted by Gasteiger charge is 2.22. The van der Waals surface area contributed by atoms with E-state index in [0.717, 1.165) is 30.7 Å². The Morgan fingerprint density at radius 2 is 2.15 bits per heavy atom. The highest BCUT2D eigenvalue weighted by molar-refractivity contribution is 7.18. The molecule has 9 nitrogen and oxygen atoms in total. The van der Waals surface area contributed by atoms with E-state index >= 15 is 0 Å². The molecule has 3 rings (SSSR count). The van der Waals surface area contributed by atoms with Gasteiger partial charge in [0.15, 0.2) is 0 Å². The lowest BCUT2D eigenvalue weighted by Gasteiger charge is -2.23. The normalized spacial score (nSPS) is 16.5. The summed E-state index contributed by atoms with van der Waals surface area (Å²) < 4.78 is 0. The number of amides is 3. The second kappa shape index (κ2) is 8.14. The molecule has 1 aliphatic rings. The first kappa shape index (κ1) is 18.8. The van der Waals surface area contributed by atoms with Crippen molar-refractivity contribution in [1.82, 2.24) is 10.6 Å². The van der Waals surface area contributed by atoms with Crippen LogP contribution in [0.1, 0.15) is 22.5 Å². The van der Waals surface area contributed by atoms with Crippen molar-refractivity contribution in [2.45, 2.75) is 18.9 Å². The van der Waals surface area contributed by atoms with E-state index in [1.807, 2.05) is 0 Å². The molecule has 3 amide bonds. The van der Waals surface area contributed by atoms with Crippen LogP contribution in [-0.2, 0) is 0 Å². The lowest BCUT2D eigenvalue weighted by Crippen LogP contribution is -2.45. The number of nitrogens with two attached hydrogens (primary N) is 1. The molecule has 2 heterocycles. The molecule has 0 bridgehead atoms. The Labute approximate surface area is 159 Å². The van der Waals surface area contributed by atoms with Gasteiger partial charge in [0.25, 0.3) is 11.6 Å². The first-order chi connectivity index (χ1) is 12.9. The first-order valence-electron chi connectivity index (χ1n) is 8.40. The lowest BCUT2D eigenvalue weighted by molar-refractivity contribution is -0.384. The fourth-order valence-electron chi connectivity index (χ4n) is 2.93. The van der Waals surface area contributed by atoms with Gasteiger partial charge in [-0.1, -0.05) is 12.1 Å². The number of non-ortho nitro benzene ring substituents is 1. The third-order valence-electron chi connectivity index (χ3n) is 4.17. The predicted molar refractivity (Wildman–Crippen MR) is 103 cm³/mol. The molecule has 1 fully saturated rings. The molecule has 10 heteroatoms. The van der Waals surface area contributed by atoms with Crippen molar-refractivity contribution >= 4 is 34.6 Å². The van der Waals surface area contributed by atoms with E-state index in [-0.39, 0.29) is 23.3 Å². The van der Waals surface area contributed by atoms with Gasteiger partial charge in [0, 0.05) is 29.6 Å². The van der Waals surface area contributed by atoms with E-state index in [1.165, 1.54) is 12.1 Å². The van der Waals surface area contributed by atoms with Crippen LogP contribution in [0.5, 0.6) is 0 Å². The van der Waals surface area contributed by atoms with E-state index in [2.05, 4.69) is 16.0 Å². The van der Waals surface area contributed by atoms with Crippen molar-refractivity contribution in [3.8, 4) is 10.4 Å². The van der Waals surface area contributed by atoms with Gasteiger partial charge in [-0.25, -0.2) is 4.79 Å². The van der Waals surface area contributed by atoms with Crippen molar-refractivity contribution in [3.63, 3.8) is 0 Å². The first-order valence-corrected chi connectivity index (χ1v) is 9.22. The molecule has 0 aliphatic carbocycles. The molecule has 1 aliphatic heterocycles. The van der Waals surface area contributed by atoms with Crippen LogP contribution in [0, 0.1) is 10.1 Å². The van der Waals surface area contributed by atoms with Crippen molar-refractivity contribution in [1.29, 1.82) is 0 Å². The standard InChI is InChI=1S/C17H19N5O4S/c18-17(24)21-13-8-14(10-3-1-5-12(7-10)22(25)26)27-15(13)16(23)20-11-4-2-6-19-9-11/h1,3,5,7-8,11,19H,2,4,6,9H2,(H,20,23)(H3,18,21,24)/t11-/m1/s1. The number of thiophene rings is 1. The maximum Gasteiger partial charge on any atom is 0.316 e. The molecule has 142 valence electrons. The number of primary amides is 1. The monoisotopic (exact) mass is 389 g/mol. The van der Waals surface area contributed by atoms with Gasteiger partial charge in [0.2, 0.25) is 0 Å². The number of carbonyl (C=O) groups excluding carboxylic acids is 2. The summed E-state index contributed by atoms with van der Waals surface area (Å²) in [5, 5.41) is 19.6. The van der Waals surface area contributed by atoms with Gasteiger partial charge in [-0.3, -0.25) is 14.9 Å². The molecule has 1 aromatic heterocycles. The van der Waals surface area contributed by atoms with Crippen LogP contribution in [0.2, 0.25) is 0 Å². The number of urea groups is 1. The zero-order valence-electron chi connectivity index (χ0n) is 14.4. The molecule has 2 aromatic rings. The van der Waals surface area contributed by atoms with Crippen molar-refractivity contribution in [3.05, 3.63) is 45.3 Å². The Balaban J connectivity index is 1.90. The van der Waals surface area contributed by atoms with Gasteiger partial charge >= 0.3 is 6.03 Å². The Bertz CT molecular complexity index is 876. The summed E-state index contributed by atoms with van der Waals surface area (Å²) in [5.74, 6) is -0.311. The second-order valence-corrected chi connectivity index (χ2v) is 7.22. The SMILES string of the molecule is NC(=O)Nc1cc(-c2cccc([N+](=O)[O-])c2)sc1C(=O)N[C@@H]1CCCNC1. The summed E-state index contributed by atoms with van der Waals surface area (Å²) in [6.07, 6.45) is 1.85. The van der Waals surface area contributed by atoms with E-state index < -0.39 is 11.0 Å². The minimum atomic E-state index is -0.785. The number of hydrogen-bond donors (Lipinski definition) is 4. The molecule has 1 atom stereocenters. The number of rotatable bonds is 5. The van der Waals surface area contributed by atoms with E-state index in [4.69, 9.17) is 5.73 Å². The number of nitrogens with one attached hydrogen (secondary N) is 3. The second-order valence-electron chi connectivity index (χ2n) is 6.17. The van der Waals surface area contributed by atoms with Crippen molar-refractivity contribution in [2.24, 2.45) is 5.73 Å². The van der Waals surface area contributed by atoms with Crippen molar-refractivity contribution in [2.75, 3.05) is 18.4 Å². The van der Waals surface area contributed by atoms with Crippen molar-refractivity contribution < 1.29 is 14.5 Å². The minimum Gasteiger partial charge on any atom is -0.351 e. The van der Waals surface area contributed by atoms with Crippen LogP contribution in [0.4, 0.5) is 16.2 Å². The zero-order valence-corrected chi connectivity index (χ0v) is 15.2. The average Bonchev–Trinajstić information content (AvgIpc) is 3.06. The summed E-state index contributed by atoms with van der Waals surface area (Å²) in [4.78, 5) is 35.5. The molecule has 0 spiro atoms. The van der Waals surface area contributed by atoms with Crippen LogP contribution in [0.3, 0.4) is 0 Å². The van der Waals surface area contributed by atoms with Gasteiger partial charge < -0.3 is 21.7 Å². The molecule has 5 N–H and O–H groups in total. The molecular weight excluding hydrogens is 370 g/mol. The smallest absolute Gasteiger partial charge is 0.316 e. The van der Waals surface area contributed by atoms with Gasteiger partial charge in [0.05, 0.1) is 10.6 Å². The molecule has 27 heavy (non-hydrogen) atoms. The fraction of sp³-hybridized carbons (Fsp3) is 0.294. The lowest BCUT2D eigenvalue weighted by atomic mass is 10.1. The molecule has 0 radical (unpaired) electrons. The minimum absolute atomic E-state index is 0.0102. The average molecular weight is 389 g/mol. The number of carbonyl (C=O) groups is 2. The highest BCUT2D eigenvalue weighted by Crippen LogP contribution is 2.36. The Morgan fingerprint density at radius 3 is 2.81 bits per heavy atom. The molecule has 0 unspecified atom stereocenters. The van der Waals surface area contributed by atoms with Crippen LogP contribution in [-0.4, -0.2) is 36.0 Å². The molecule has 1 saturated heterocycles. The quantitative estimate of drug-likeness (QED) is 0.459. The van der Waals surface area contributed by atoms with Crippen LogP contribution >= 0.6 is 11.3 Å². The van der Waals surface area contributed by atoms with Crippen LogP contribution in [0.25, 0.3) is 10.4 Å². The Hall–Kier alpha value is -2.98. The van der Waals surface area contributed by atoms with Gasteiger partial charge in [0.1, 0.15) is 4.88 Å². The Morgan fingerprint density at radius 1 is 1.33 bits per heavy atom. The maximum atomic E-state index is 12.7. The number of benzene rings is 1. The van der Waals surface area contributed by atoms with E-state index in [0.29, 0.717) is 21.9 Å². The largest absolute Gasteiger partial charge is 0.351 e. The number of nitro groups is 1. The van der Waals surface area contributed by atoms with Gasteiger partial charge in [-0.15, -0.1) is 11.3 Å². The topological polar surface area (TPSA) is 139 Å². The van der Waals surface area contributed by atoms with Gasteiger partial charge in [-0.2, -0.15) is 0 Å². The third-order valence-corrected chi connectivity index (χ3v) is 5.35. The highest BCUT2D eigenvalue weighted by atomic mass is 32.1. The molecular formula is C17H19N5O4S. The summed E-state index contributed by atoms with van der Waals surface area (Å²) >= 11 is 1.15. The molecule has 1 aromatic carbocycles. The Kier molecular flexibility index (Phi) is 5.67. The number of piperidine rings is 1. The van der Waals surface area contributed by atoms with E-state index in [9.17, 15) is 19.7 Å². The van der Waals surface area contributed by atoms with Crippen LogP contribution in [0.15, 0.2) is 30.3 Å². The number of nitrogens with zero attached hydrogens (tertiary/aromatic N) is 1. The predicted octanol–water partition coefficient (Wildman–Crippen LogP) is 2.30. The molecule has 0 saturated carbocycles. The number of anilines is 1. The fourth-order valence-corrected chi connectivity index (χ4v) is 3.94. The summed E-state index contributed by atoms with van der Waals surface area (Å²) in [5.41, 5.74) is 6.03. The number of nitro benzene ring substituents is 1. The van der Waals surface area contributed by atoms with Gasteiger partial charge in [-0.05, 0) is 31.0 Å². The summed E-state index contributed by atoms with van der Waals surface area (Å²) in [7, 11) is 0. The third kappa shape index (κ3) is 4.60. The number of hydrogen-bond acceptors (Lipinski definition) is 6. The van der Waals surface area contributed by atoms with Crippen LogP contribution < -0.4 is 21.7 Å². The maximum absolute atomic E-state index is 12.7. The summed E-state index contributed by atoms with van der Waals surface area (Å²) in [6.45, 7) is 1.62. The summed E-state index contributed by atoms with van der Waals surface area (Å²) in [6, 6.07) is 6.92. The van der Waals surface area contributed by atoms with E-state index in [1.54, 1.807) is 18.2 Å².